The molecule has 0 spiro atoms. The second kappa shape index (κ2) is 5.53. The number of aliphatic hydroxyl groups is 1. The van der Waals surface area contributed by atoms with Gasteiger partial charge in [0.1, 0.15) is 4.88 Å². The van der Waals surface area contributed by atoms with Crippen molar-refractivity contribution >= 4 is 50.5 Å². The Morgan fingerprint density at radius 3 is 2.95 bits per heavy atom. The van der Waals surface area contributed by atoms with E-state index in [0.717, 1.165) is 22.9 Å². The molecular weight excluding hydrogens is 317 g/mol. The van der Waals surface area contributed by atoms with Crippen molar-refractivity contribution in [3.05, 3.63) is 33.1 Å². The first-order valence-electron chi connectivity index (χ1n) is 6.41. The highest BCUT2D eigenvalue weighted by Crippen LogP contribution is 2.37. The van der Waals surface area contributed by atoms with E-state index in [0.29, 0.717) is 28.0 Å². The molecule has 0 radical (unpaired) electrons. The first kappa shape index (κ1) is 14.1. The number of aliphatic hydroxyl groups excluding tert-OH is 1. The van der Waals surface area contributed by atoms with Crippen LogP contribution in [0.4, 0.5) is 0 Å². The van der Waals surface area contributed by atoms with Crippen molar-refractivity contribution in [2.24, 2.45) is 0 Å². The number of carbonyl (C=O) groups is 1. The van der Waals surface area contributed by atoms with Crippen LogP contribution in [0.15, 0.2) is 18.2 Å². The number of nitrogens with zero attached hydrogens (tertiary/aromatic N) is 1. The molecule has 1 fully saturated rings. The highest BCUT2D eigenvalue weighted by atomic mass is 35.5. The zero-order valence-corrected chi connectivity index (χ0v) is 12.9. The summed E-state index contributed by atoms with van der Waals surface area (Å²) in [4.78, 5) is 14.7. The van der Waals surface area contributed by atoms with Crippen LogP contribution in [-0.4, -0.2) is 35.1 Å². The summed E-state index contributed by atoms with van der Waals surface area (Å²) >= 11 is 13.6. The maximum Gasteiger partial charge on any atom is 0.265 e. The lowest BCUT2D eigenvalue weighted by Crippen LogP contribution is -2.41. The van der Waals surface area contributed by atoms with Crippen molar-refractivity contribution in [3.8, 4) is 0 Å². The molecular formula is C14H13Cl2NO2S. The maximum absolute atomic E-state index is 12.5. The van der Waals surface area contributed by atoms with Crippen LogP contribution in [0.25, 0.3) is 10.1 Å². The van der Waals surface area contributed by atoms with Gasteiger partial charge in [-0.2, -0.15) is 0 Å². The monoisotopic (exact) mass is 329 g/mol. The minimum atomic E-state index is -0.435. The third kappa shape index (κ3) is 2.53. The zero-order chi connectivity index (χ0) is 14.3. The van der Waals surface area contributed by atoms with Gasteiger partial charge in [-0.1, -0.05) is 29.3 Å². The van der Waals surface area contributed by atoms with E-state index in [1.807, 2.05) is 12.1 Å². The summed E-state index contributed by atoms with van der Waals surface area (Å²) in [5.74, 6) is -0.105. The van der Waals surface area contributed by atoms with Gasteiger partial charge in [0, 0.05) is 28.2 Å². The Bertz CT molecular complexity index is 670. The van der Waals surface area contributed by atoms with Gasteiger partial charge in [-0.05, 0) is 25.0 Å². The predicted octanol–water partition coefficient (Wildman–Crippen LogP) is 3.81. The van der Waals surface area contributed by atoms with Crippen molar-refractivity contribution in [1.82, 2.24) is 4.90 Å². The highest BCUT2D eigenvalue weighted by molar-refractivity contribution is 7.21. The molecule has 1 N–H and O–H groups in total. The Labute approximate surface area is 130 Å². The van der Waals surface area contributed by atoms with Crippen molar-refractivity contribution in [2.45, 2.75) is 18.9 Å². The van der Waals surface area contributed by atoms with Crippen LogP contribution in [-0.2, 0) is 0 Å². The van der Waals surface area contributed by atoms with Crippen LogP contribution in [0.2, 0.25) is 10.0 Å². The largest absolute Gasteiger partial charge is 0.391 e. The van der Waals surface area contributed by atoms with Gasteiger partial charge in [-0.3, -0.25) is 4.79 Å². The Kier molecular flexibility index (Phi) is 3.91. The Balaban J connectivity index is 1.97. The molecule has 1 aromatic carbocycles. The number of amides is 1. The number of thiophene rings is 1. The number of hydrogen-bond acceptors (Lipinski definition) is 3. The van der Waals surface area contributed by atoms with Gasteiger partial charge in [-0.15, -0.1) is 11.3 Å². The number of benzene rings is 1. The van der Waals surface area contributed by atoms with Gasteiger partial charge in [0.15, 0.2) is 0 Å². The number of rotatable bonds is 1. The van der Waals surface area contributed by atoms with Crippen LogP contribution in [0.1, 0.15) is 22.5 Å². The van der Waals surface area contributed by atoms with Crippen LogP contribution in [0, 0.1) is 0 Å². The predicted molar refractivity (Wildman–Crippen MR) is 83.0 cm³/mol. The van der Waals surface area contributed by atoms with Crippen LogP contribution >= 0.6 is 34.5 Å². The number of fused-ring (bicyclic) bond motifs is 1. The van der Waals surface area contributed by atoms with Crippen molar-refractivity contribution in [1.29, 1.82) is 0 Å². The molecule has 1 aromatic heterocycles. The molecule has 1 aliphatic heterocycles. The van der Waals surface area contributed by atoms with Crippen molar-refractivity contribution in [3.63, 3.8) is 0 Å². The van der Waals surface area contributed by atoms with Gasteiger partial charge in [-0.25, -0.2) is 0 Å². The number of carbonyl (C=O) groups excluding carboxylic acids is 1. The lowest BCUT2D eigenvalue weighted by molar-refractivity contribution is 0.0478. The van der Waals surface area contributed by atoms with Gasteiger partial charge >= 0.3 is 0 Å². The Hall–Kier alpha value is -0.810. The van der Waals surface area contributed by atoms with Gasteiger partial charge < -0.3 is 10.0 Å². The van der Waals surface area contributed by atoms with E-state index in [-0.39, 0.29) is 5.91 Å². The molecule has 106 valence electrons. The fraction of sp³-hybridized carbons (Fsp3) is 0.357. The molecule has 3 nitrogen and oxygen atoms in total. The Morgan fingerprint density at radius 2 is 2.20 bits per heavy atom. The fourth-order valence-electron chi connectivity index (χ4n) is 2.46. The SMILES string of the molecule is O=C(c1sc2cc(Cl)ccc2c1Cl)N1CCC[C@@H](O)C1. The zero-order valence-electron chi connectivity index (χ0n) is 10.6. The molecule has 0 bridgehead atoms. The number of likely N-dealkylation sites (tertiary alicyclic amines) is 1. The fourth-order valence-corrected chi connectivity index (χ4v) is 4.22. The molecule has 3 rings (SSSR count). The molecule has 6 heteroatoms. The topological polar surface area (TPSA) is 40.5 Å². The smallest absolute Gasteiger partial charge is 0.265 e. The lowest BCUT2D eigenvalue weighted by atomic mass is 10.1. The Morgan fingerprint density at radius 1 is 1.40 bits per heavy atom. The molecule has 2 heterocycles. The molecule has 1 atom stereocenters. The second-order valence-corrected chi connectivity index (χ2v) is 6.80. The van der Waals surface area contributed by atoms with E-state index in [1.54, 1.807) is 11.0 Å². The first-order valence-corrected chi connectivity index (χ1v) is 7.98. The number of halogens is 2. The average molecular weight is 330 g/mol. The molecule has 0 unspecified atom stereocenters. The van der Waals surface area contributed by atoms with Crippen LogP contribution in [0.5, 0.6) is 0 Å². The lowest BCUT2D eigenvalue weighted by Gasteiger charge is -2.29. The van der Waals surface area contributed by atoms with Crippen molar-refractivity contribution < 1.29 is 9.90 Å². The molecule has 1 aliphatic rings. The average Bonchev–Trinajstić information content (AvgIpc) is 2.74. The molecule has 0 aliphatic carbocycles. The van der Waals surface area contributed by atoms with Crippen LogP contribution in [0.3, 0.4) is 0 Å². The molecule has 1 saturated heterocycles. The summed E-state index contributed by atoms with van der Waals surface area (Å²) < 4.78 is 0.906. The summed E-state index contributed by atoms with van der Waals surface area (Å²) in [6.45, 7) is 1.05. The van der Waals surface area contributed by atoms with Gasteiger partial charge in [0.05, 0.1) is 11.1 Å². The number of β-amino-alcohol motifs (C(OH)–C–C–N with tert-alkyl or cyclic N) is 1. The normalized spacial score (nSPS) is 19.6. The van der Waals surface area contributed by atoms with E-state index in [4.69, 9.17) is 23.2 Å². The van der Waals surface area contributed by atoms with Gasteiger partial charge in [0.25, 0.3) is 5.91 Å². The van der Waals surface area contributed by atoms with Crippen molar-refractivity contribution in [2.75, 3.05) is 13.1 Å². The van der Waals surface area contributed by atoms with E-state index in [1.165, 1.54) is 11.3 Å². The number of hydrogen-bond donors (Lipinski definition) is 1. The third-order valence-corrected chi connectivity index (χ3v) is 5.35. The molecule has 0 saturated carbocycles. The molecule has 20 heavy (non-hydrogen) atoms. The minimum absolute atomic E-state index is 0.105. The summed E-state index contributed by atoms with van der Waals surface area (Å²) in [5.41, 5.74) is 0. The minimum Gasteiger partial charge on any atom is -0.391 e. The van der Waals surface area contributed by atoms with Gasteiger partial charge in [0.2, 0.25) is 0 Å². The molecule has 2 aromatic rings. The number of piperidine rings is 1. The second-order valence-electron chi connectivity index (χ2n) is 4.93. The third-order valence-electron chi connectivity index (χ3n) is 3.47. The first-order chi connectivity index (χ1) is 9.56. The van der Waals surface area contributed by atoms with E-state index >= 15 is 0 Å². The maximum atomic E-state index is 12.5. The summed E-state index contributed by atoms with van der Waals surface area (Å²) in [5, 5.41) is 11.6. The van der Waals surface area contributed by atoms with E-state index in [2.05, 4.69) is 0 Å². The van der Waals surface area contributed by atoms with E-state index in [9.17, 15) is 9.90 Å². The van der Waals surface area contributed by atoms with E-state index < -0.39 is 6.10 Å². The molecule has 1 amide bonds. The quantitative estimate of drug-likeness (QED) is 0.864. The highest BCUT2D eigenvalue weighted by Gasteiger charge is 2.26. The standard InChI is InChI=1S/C14H13Cl2NO2S/c15-8-3-4-10-11(6-8)20-13(12(10)16)14(19)17-5-1-2-9(18)7-17/h3-4,6,9,18H,1-2,5,7H2/t9-/m1/s1. The summed E-state index contributed by atoms with van der Waals surface area (Å²) in [6.07, 6.45) is 1.14. The summed E-state index contributed by atoms with van der Waals surface area (Å²) in [7, 11) is 0. The summed E-state index contributed by atoms with van der Waals surface area (Å²) in [6, 6.07) is 5.41. The van der Waals surface area contributed by atoms with Crippen LogP contribution < -0.4 is 0 Å².